The Labute approximate surface area is 93.7 Å². The van der Waals surface area contributed by atoms with Gasteiger partial charge in [0.2, 0.25) is 0 Å². The van der Waals surface area contributed by atoms with Crippen molar-refractivity contribution in [1.82, 2.24) is 5.32 Å². The molecule has 0 fully saturated rings. The van der Waals surface area contributed by atoms with E-state index in [1.807, 2.05) is 0 Å². The van der Waals surface area contributed by atoms with Gasteiger partial charge >= 0.3 is 0 Å². The van der Waals surface area contributed by atoms with Gasteiger partial charge in [-0.2, -0.15) is 0 Å². The Hall–Kier alpha value is -0.770. The van der Waals surface area contributed by atoms with Crippen molar-refractivity contribution in [1.29, 1.82) is 0 Å². The summed E-state index contributed by atoms with van der Waals surface area (Å²) in [7, 11) is 0. The van der Waals surface area contributed by atoms with Gasteiger partial charge in [-0.05, 0) is 11.8 Å². The number of aldehydes is 1. The molecular weight excluding hydrogens is 210 g/mol. The maximum atomic E-state index is 11.8. The summed E-state index contributed by atoms with van der Waals surface area (Å²) in [4.78, 5) is 23.4. The van der Waals surface area contributed by atoms with Gasteiger partial charge in [0.05, 0.1) is 10.9 Å². The van der Waals surface area contributed by atoms with E-state index in [0.717, 1.165) is 23.3 Å². The van der Waals surface area contributed by atoms with Crippen LogP contribution in [0.15, 0.2) is 10.6 Å². The van der Waals surface area contributed by atoms with Gasteiger partial charge in [0.25, 0.3) is 0 Å². The molecular formula is C11H15NO2S. The highest BCUT2D eigenvalue weighted by molar-refractivity contribution is 8.04. The smallest absolute Gasteiger partial charge is 0.171 e. The standard InChI is InChI=1S/C11H15NO2S/c1-11(2)3-8-10(9(14)4-11)15-6-7(5-13)12-8/h5,7,12H,3-4,6H2,1-2H3. The maximum Gasteiger partial charge on any atom is 0.171 e. The molecule has 0 saturated carbocycles. The molecule has 0 aromatic heterocycles. The first-order valence-electron chi connectivity index (χ1n) is 5.13. The quantitative estimate of drug-likeness (QED) is 0.687. The van der Waals surface area contributed by atoms with Crippen molar-refractivity contribution in [3.8, 4) is 0 Å². The lowest BCUT2D eigenvalue weighted by molar-refractivity contribution is -0.117. The fourth-order valence-electron chi connectivity index (χ4n) is 2.10. The third-order valence-corrected chi connectivity index (χ3v) is 4.04. The van der Waals surface area contributed by atoms with Gasteiger partial charge in [-0.15, -0.1) is 11.8 Å². The molecule has 2 aliphatic rings. The van der Waals surface area contributed by atoms with Gasteiger partial charge in [-0.3, -0.25) is 4.79 Å². The van der Waals surface area contributed by atoms with Gasteiger partial charge in [-0.1, -0.05) is 13.8 Å². The Morgan fingerprint density at radius 1 is 1.47 bits per heavy atom. The molecule has 3 nitrogen and oxygen atoms in total. The van der Waals surface area contributed by atoms with Gasteiger partial charge in [0.1, 0.15) is 6.29 Å². The minimum atomic E-state index is -0.129. The Morgan fingerprint density at radius 2 is 2.20 bits per heavy atom. The number of rotatable bonds is 1. The van der Waals surface area contributed by atoms with E-state index in [2.05, 4.69) is 19.2 Å². The molecule has 1 N–H and O–H groups in total. The fraction of sp³-hybridized carbons (Fsp3) is 0.636. The molecule has 1 unspecified atom stereocenters. The van der Waals surface area contributed by atoms with Crippen molar-refractivity contribution in [3.63, 3.8) is 0 Å². The Kier molecular flexibility index (Phi) is 2.63. The number of thioether (sulfide) groups is 1. The molecule has 4 heteroatoms. The van der Waals surface area contributed by atoms with Gasteiger partial charge in [0, 0.05) is 17.9 Å². The Balaban J connectivity index is 2.27. The van der Waals surface area contributed by atoms with Gasteiger partial charge in [0.15, 0.2) is 5.78 Å². The third kappa shape index (κ3) is 2.09. The number of carbonyl (C=O) groups excluding carboxylic acids is 2. The van der Waals surface area contributed by atoms with E-state index in [1.54, 1.807) is 0 Å². The van der Waals surface area contributed by atoms with E-state index in [9.17, 15) is 9.59 Å². The van der Waals surface area contributed by atoms with Crippen LogP contribution in [0, 0.1) is 5.41 Å². The predicted octanol–water partition coefficient (Wildman–Crippen LogP) is 1.49. The van der Waals surface area contributed by atoms with Crippen LogP contribution in [-0.4, -0.2) is 23.9 Å². The van der Waals surface area contributed by atoms with E-state index in [4.69, 9.17) is 0 Å². The molecule has 0 saturated heterocycles. The number of carbonyl (C=O) groups is 2. The largest absolute Gasteiger partial charge is 0.377 e. The monoisotopic (exact) mass is 225 g/mol. The summed E-state index contributed by atoms with van der Waals surface area (Å²) in [6.45, 7) is 4.18. The van der Waals surface area contributed by atoms with Crippen molar-refractivity contribution < 1.29 is 9.59 Å². The molecule has 1 aliphatic heterocycles. The molecule has 82 valence electrons. The molecule has 1 atom stereocenters. The normalized spacial score (nSPS) is 29.5. The van der Waals surface area contributed by atoms with Crippen LogP contribution < -0.4 is 5.32 Å². The summed E-state index contributed by atoms with van der Waals surface area (Å²) in [6.07, 6.45) is 2.40. The molecule has 0 radical (unpaired) electrons. The highest BCUT2D eigenvalue weighted by Gasteiger charge is 2.36. The van der Waals surface area contributed by atoms with Gasteiger partial charge < -0.3 is 10.1 Å². The van der Waals surface area contributed by atoms with Gasteiger partial charge in [-0.25, -0.2) is 0 Å². The van der Waals surface area contributed by atoms with E-state index < -0.39 is 0 Å². The third-order valence-electron chi connectivity index (χ3n) is 2.75. The number of ketones is 1. The SMILES string of the molecule is CC1(C)CC(=O)C2=C(C1)NC(C=O)CS2. The zero-order valence-electron chi connectivity index (χ0n) is 9.00. The van der Waals surface area contributed by atoms with Crippen molar-refractivity contribution in [2.45, 2.75) is 32.7 Å². The lowest BCUT2D eigenvalue weighted by Crippen LogP contribution is -2.41. The average molecular weight is 225 g/mol. The highest BCUT2D eigenvalue weighted by atomic mass is 32.2. The number of hydrogen-bond acceptors (Lipinski definition) is 4. The number of nitrogens with one attached hydrogen (secondary N) is 1. The minimum Gasteiger partial charge on any atom is -0.377 e. The molecule has 0 amide bonds. The summed E-state index contributed by atoms with van der Waals surface area (Å²) < 4.78 is 0. The number of allylic oxidation sites excluding steroid dienone is 2. The van der Waals surface area contributed by atoms with Crippen LogP contribution in [-0.2, 0) is 9.59 Å². The maximum absolute atomic E-state index is 11.8. The summed E-state index contributed by atoms with van der Waals surface area (Å²) >= 11 is 1.52. The number of Topliss-reactive ketones (excluding diaryl/α,β-unsaturated/α-hetero) is 1. The van der Waals surface area contributed by atoms with Crippen molar-refractivity contribution in [3.05, 3.63) is 10.6 Å². The van der Waals surface area contributed by atoms with E-state index in [1.165, 1.54) is 11.8 Å². The molecule has 0 bridgehead atoms. The van der Waals surface area contributed by atoms with Crippen LogP contribution in [0.25, 0.3) is 0 Å². The van der Waals surface area contributed by atoms with Crippen LogP contribution in [0.2, 0.25) is 0 Å². The Bertz CT molecular complexity index is 346. The summed E-state index contributed by atoms with van der Waals surface area (Å²) in [5.74, 6) is 0.900. The molecule has 1 heterocycles. The van der Waals surface area contributed by atoms with Crippen LogP contribution in [0.3, 0.4) is 0 Å². The first kappa shape index (κ1) is 10.7. The van der Waals surface area contributed by atoms with Crippen LogP contribution in [0.1, 0.15) is 26.7 Å². The highest BCUT2D eigenvalue weighted by Crippen LogP contribution is 2.41. The van der Waals surface area contributed by atoms with Crippen LogP contribution in [0.4, 0.5) is 0 Å². The summed E-state index contributed by atoms with van der Waals surface area (Å²) in [6, 6.07) is -0.129. The van der Waals surface area contributed by atoms with E-state index >= 15 is 0 Å². The van der Waals surface area contributed by atoms with E-state index in [-0.39, 0.29) is 17.2 Å². The average Bonchev–Trinajstić information content (AvgIpc) is 2.14. The molecule has 0 aromatic carbocycles. The minimum absolute atomic E-state index is 0.0221. The molecule has 15 heavy (non-hydrogen) atoms. The second-order valence-corrected chi connectivity index (χ2v) is 5.98. The molecule has 0 spiro atoms. The first-order valence-corrected chi connectivity index (χ1v) is 6.11. The lowest BCUT2D eigenvalue weighted by atomic mass is 9.78. The topological polar surface area (TPSA) is 46.2 Å². The molecule has 1 aliphatic carbocycles. The fourth-order valence-corrected chi connectivity index (χ4v) is 3.15. The molecule has 2 rings (SSSR count). The summed E-state index contributed by atoms with van der Waals surface area (Å²) in [5.41, 5.74) is 0.999. The second kappa shape index (κ2) is 3.67. The summed E-state index contributed by atoms with van der Waals surface area (Å²) in [5, 5.41) is 3.16. The van der Waals surface area contributed by atoms with Crippen molar-refractivity contribution >= 4 is 23.8 Å². The van der Waals surface area contributed by atoms with Crippen molar-refractivity contribution in [2.24, 2.45) is 5.41 Å². The predicted molar refractivity (Wildman–Crippen MR) is 60.5 cm³/mol. The van der Waals surface area contributed by atoms with Crippen molar-refractivity contribution in [2.75, 3.05) is 5.75 Å². The lowest BCUT2D eigenvalue weighted by Gasteiger charge is -2.36. The molecule has 0 aromatic rings. The van der Waals surface area contributed by atoms with Crippen LogP contribution >= 0.6 is 11.8 Å². The zero-order chi connectivity index (χ0) is 11.1. The second-order valence-electron chi connectivity index (χ2n) is 4.95. The van der Waals surface area contributed by atoms with Crippen LogP contribution in [0.5, 0.6) is 0 Å². The number of hydrogen-bond donors (Lipinski definition) is 1. The van der Waals surface area contributed by atoms with E-state index in [0.29, 0.717) is 12.2 Å². The zero-order valence-corrected chi connectivity index (χ0v) is 9.82. The first-order chi connectivity index (χ1) is 7.02. The Morgan fingerprint density at radius 3 is 2.87 bits per heavy atom.